The summed E-state index contributed by atoms with van der Waals surface area (Å²) in [5.41, 5.74) is 2.10. The lowest BCUT2D eigenvalue weighted by atomic mass is 10.1. The van der Waals surface area contributed by atoms with Crippen LogP contribution in [0.4, 0.5) is 0 Å². The van der Waals surface area contributed by atoms with Gasteiger partial charge in [-0.1, -0.05) is 23.7 Å². The number of ether oxygens (including phenoxy) is 1. The highest BCUT2D eigenvalue weighted by atomic mass is 35.5. The van der Waals surface area contributed by atoms with Crippen LogP contribution < -0.4 is 4.74 Å². The highest BCUT2D eigenvalue weighted by Gasteiger charge is 2.15. The van der Waals surface area contributed by atoms with Crippen LogP contribution in [0, 0.1) is 0 Å². The third-order valence-electron chi connectivity index (χ3n) is 3.94. The maximum atomic E-state index is 11.5. The summed E-state index contributed by atoms with van der Waals surface area (Å²) in [7, 11) is 1.61. The number of nitrogens with zero attached hydrogens (tertiary/aromatic N) is 2. The molecule has 1 aromatic heterocycles. The summed E-state index contributed by atoms with van der Waals surface area (Å²) in [6.45, 7) is 0. The largest absolute Gasteiger partial charge is 0.496 e. The molecule has 0 amide bonds. The molecular formula is C18H11ClN2O3. The van der Waals surface area contributed by atoms with E-state index in [0.717, 1.165) is 16.5 Å². The average molecular weight is 339 g/mol. The summed E-state index contributed by atoms with van der Waals surface area (Å²) in [6.07, 6.45) is 0. The third kappa shape index (κ3) is 2.13. The van der Waals surface area contributed by atoms with E-state index in [4.69, 9.17) is 16.3 Å². The number of aromatic carboxylic acids is 1. The molecule has 0 aliphatic rings. The van der Waals surface area contributed by atoms with Gasteiger partial charge >= 0.3 is 5.97 Å². The fraction of sp³-hybridized carbons (Fsp3) is 0.0556. The number of rotatable bonds is 2. The summed E-state index contributed by atoms with van der Waals surface area (Å²) in [4.78, 5) is 20.6. The summed E-state index contributed by atoms with van der Waals surface area (Å²) >= 11 is 6.01. The van der Waals surface area contributed by atoms with Crippen molar-refractivity contribution in [2.75, 3.05) is 7.11 Å². The van der Waals surface area contributed by atoms with E-state index >= 15 is 0 Å². The number of benzene rings is 3. The lowest BCUT2D eigenvalue weighted by Crippen LogP contribution is -2.01. The number of methoxy groups -OCH3 is 1. The smallest absolute Gasteiger partial charge is 0.338 e. The molecule has 24 heavy (non-hydrogen) atoms. The number of aromatic nitrogens is 2. The number of carboxylic acids is 1. The monoisotopic (exact) mass is 338 g/mol. The predicted molar refractivity (Wildman–Crippen MR) is 93.1 cm³/mol. The lowest BCUT2D eigenvalue weighted by molar-refractivity contribution is 0.0699. The normalized spacial score (nSPS) is 11.2. The lowest BCUT2D eigenvalue weighted by Gasteiger charge is -2.09. The maximum absolute atomic E-state index is 11.5. The van der Waals surface area contributed by atoms with Gasteiger partial charge in [-0.05, 0) is 30.3 Å². The van der Waals surface area contributed by atoms with Gasteiger partial charge < -0.3 is 9.84 Å². The first kappa shape index (κ1) is 14.7. The Balaban J connectivity index is 2.19. The first-order valence-electron chi connectivity index (χ1n) is 7.18. The minimum atomic E-state index is -1.09. The molecule has 1 N–H and O–H groups in total. The van der Waals surface area contributed by atoms with E-state index in [2.05, 4.69) is 9.97 Å². The number of carboxylic acid groups (broad SMARTS) is 1. The molecule has 4 aromatic rings. The molecule has 0 spiro atoms. The van der Waals surface area contributed by atoms with Crippen molar-refractivity contribution in [3.8, 4) is 5.75 Å². The molecule has 0 bridgehead atoms. The maximum Gasteiger partial charge on any atom is 0.338 e. The fourth-order valence-electron chi connectivity index (χ4n) is 2.88. The average Bonchev–Trinajstić information content (AvgIpc) is 2.58. The van der Waals surface area contributed by atoms with Crippen molar-refractivity contribution >= 4 is 50.4 Å². The summed E-state index contributed by atoms with van der Waals surface area (Å²) in [5, 5.41) is 11.5. The zero-order chi connectivity index (χ0) is 16.8. The van der Waals surface area contributed by atoms with Crippen molar-refractivity contribution in [3.05, 3.63) is 53.1 Å². The molecule has 0 saturated carbocycles. The molecule has 0 atom stereocenters. The molecule has 5 nitrogen and oxygen atoms in total. The molecule has 4 rings (SSSR count). The third-order valence-corrected chi connectivity index (χ3v) is 4.16. The summed E-state index contributed by atoms with van der Waals surface area (Å²) < 4.78 is 5.38. The zero-order valence-corrected chi connectivity index (χ0v) is 13.3. The van der Waals surface area contributed by atoms with E-state index in [9.17, 15) is 9.90 Å². The van der Waals surface area contributed by atoms with Crippen LogP contribution in [-0.2, 0) is 0 Å². The van der Waals surface area contributed by atoms with Crippen molar-refractivity contribution in [2.45, 2.75) is 0 Å². The van der Waals surface area contributed by atoms with Gasteiger partial charge in [0.05, 0.1) is 29.2 Å². The molecule has 0 radical (unpaired) electrons. The van der Waals surface area contributed by atoms with Crippen LogP contribution in [0.2, 0.25) is 5.02 Å². The Bertz CT molecular complexity index is 1140. The van der Waals surface area contributed by atoms with Crippen LogP contribution in [0.3, 0.4) is 0 Å². The number of hydrogen-bond donors (Lipinski definition) is 1. The Kier molecular flexibility index (Phi) is 3.25. The number of halogens is 1. The molecule has 0 saturated heterocycles. The molecule has 3 aromatic carbocycles. The van der Waals surface area contributed by atoms with Crippen LogP contribution in [0.25, 0.3) is 32.8 Å². The van der Waals surface area contributed by atoms with Gasteiger partial charge in [-0.3, -0.25) is 0 Å². The Morgan fingerprint density at radius 1 is 1.04 bits per heavy atom. The Hall–Kier alpha value is -2.92. The van der Waals surface area contributed by atoms with E-state index in [0.29, 0.717) is 27.1 Å². The Morgan fingerprint density at radius 2 is 1.88 bits per heavy atom. The molecule has 1 heterocycles. The van der Waals surface area contributed by atoms with Crippen LogP contribution in [-0.4, -0.2) is 28.2 Å². The van der Waals surface area contributed by atoms with E-state index in [1.54, 1.807) is 13.2 Å². The summed E-state index contributed by atoms with van der Waals surface area (Å²) in [6, 6.07) is 12.4. The molecular weight excluding hydrogens is 328 g/mol. The van der Waals surface area contributed by atoms with Gasteiger partial charge in [0.1, 0.15) is 11.3 Å². The fourth-order valence-corrected chi connectivity index (χ4v) is 3.09. The van der Waals surface area contributed by atoms with Crippen molar-refractivity contribution in [1.29, 1.82) is 0 Å². The van der Waals surface area contributed by atoms with Crippen LogP contribution in [0.1, 0.15) is 10.4 Å². The number of carbonyl (C=O) groups is 1. The quantitative estimate of drug-likeness (QED) is 0.436. The van der Waals surface area contributed by atoms with Crippen LogP contribution >= 0.6 is 11.6 Å². The van der Waals surface area contributed by atoms with Gasteiger partial charge in [-0.15, -0.1) is 0 Å². The highest BCUT2D eigenvalue weighted by molar-refractivity contribution is 6.32. The van der Waals surface area contributed by atoms with E-state index in [1.807, 2.05) is 30.3 Å². The van der Waals surface area contributed by atoms with Crippen molar-refractivity contribution in [3.63, 3.8) is 0 Å². The van der Waals surface area contributed by atoms with E-state index in [-0.39, 0.29) is 5.56 Å². The first-order chi connectivity index (χ1) is 11.6. The second kappa shape index (κ2) is 5.32. The molecule has 6 heteroatoms. The van der Waals surface area contributed by atoms with Gasteiger partial charge in [-0.25, -0.2) is 14.8 Å². The van der Waals surface area contributed by atoms with Gasteiger partial charge in [0.15, 0.2) is 0 Å². The molecule has 118 valence electrons. The Morgan fingerprint density at radius 3 is 2.62 bits per heavy atom. The SMILES string of the molecule is COc1cccc2c1ccc1nc3cc(Cl)cc(C(=O)O)c3nc12. The van der Waals surface area contributed by atoms with Gasteiger partial charge in [0.2, 0.25) is 0 Å². The van der Waals surface area contributed by atoms with Gasteiger partial charge in [-0.2, -0.15) is 0 Å². The highest BCUT2D eigenvalue weighted by Crippen LogP contribution is 2.32. The van der Waals surface area contributed by atoms with E-state index < -0.39 is 5.97 Å². The zero-order valence-electron chi connectivity index (χ0n) is 12.6. The van der Waals surface area contributed by atoms with Crippen LogP contribution in [0.15, 0.2) is 42.5 Å². The second-order valence-corrected chi connectivity index (χ2v) is 5.77. The first-order valence-corrected chi connectivity index (χ1v) is 7.56. The van der Waals surface area contributed by atoms with Crippen molar-refractivity contribution in [1.82, 2.24) is 9.97 Å². The van der Waals surface area contributed by atoms with Gasteiger partial charge in [0.25, 0.3) is 0 Å². The molecule has 0 fully saturated rings. The molecule has 0 unspecified atom stereocenters. The van der Waals surface area contributed by atoms with Crippen molar-refractivity contribution in [2.24, 2.45) is 0 Å². The minimum Gasteiger partial charge on any atom is -0.496 e. The number of hydrogen-bond acceptors (Lipinski definition) is 4. The minimum absolute atomic E-state index is 0.0341. The molecule has 0 aliphatic heterocycles. The van der Waals surface area contributed by atoms with Gasteiger partial charge in [0, 0.05) is 15.8 Å². The van der Waals surface area contributed by atoms with Crippen molar-refractivity contribution < 1.29 is 14.6 Å². The standard InChI is InChI=1S/C18H11ClN2O3/c1-24-15-4-2-3-11-10(15)5-6-13-16(11)21-17-12(18(22)23)7-9(19)8-14(17)20-13/h2-8H,1H3,(H,22,23). The predicted octanol–water partition coefficient (Wildman–Crippen LogP) is 4.30. The second-order valence-electron chi connectivity index (χ2n) is 5.34. The Labute approximate surface area is 141 Å². The molecule has 0 aliphatic carbocycles. The van der Waals surface area contributed by atoms with Crippen LogP contribution in [0.5, 0.6) is 5.75 Å². The number of fused-ring (bicyclic) bond motifs is 4. The van der Waals surface area contributed by atoms with E-state index in [1.165, 1.54) is 6.07 Å². The topological polar surface area (TPSA) is 72.3 Å². The summed E-state index contributed by atoms with van der Waals surface area (Å²) in [5.74, 6) is -0.361.